The molecule has 1 heterocycles. The van der Waals surface area contributed by atoms with E-state index in [0.717, 1.165) is 27.9 Å². The summed E-state index contributed by atoms with van der Waals surface area (Å²) in [6, 6.07) is 13.6. The Morgan fingerprint density at radius 2 is 1.96 bits per heavy atom. The van der Waals surface area contributed by atoms with Gasteiger partial charge in [0.15, 0.2) is 5.88 Å². The van der Waals surface area contributed by atoms with E-state index in [1.54, 1.807) is 6.21 Å². The first-order valence-corrected chi connectivity index (χ1v) is 7.65. The second-order valence-corrected chi connectivity index (χ2v) is 5.83. The lowest BCUT2D eigenvalue weighted by molar-refractivity contribution is 0.243. The lowest BCUT2D eigenvalue weighted by atomic mass is 10.1. The summed E-state index contributed by atoms with van der Waals surface area (Å²) < 4.78 is 5.76. The molecular weight excluding hydrogens is 288 g/mol. The second kappa shape index (κ2) is 6.16. The second-order valence-electron chi connectivity index (χ2n) is 5.83. The van der Waals surface area contributed by atoms with Gasteiger partial charge in [0.05, 0.1) is 11.7 Å². The Hall–Kier alpha value is -2.75. The van der Waals surface area contributed by atoms with Crippen LogP contribution in [0.4, 0.5) is 5.69 Å². The predicted molar refractivity (Wildman–Crippen MR) is 94.2 cm³/mol. The molecule has 0 atom stereocenters. The number of aromatic nitrogens is 1. The number of fused-ring (bicyclic) bond motifs is 1. The minimum Gasteiger partial charge on any atom is -0.494 e. The van der Waals surface area contributed by atoms with Crippen LogP contribution in [0.2, 0.25) is 0 Å². The van der Waals surface area contributed by atoms with Gasteiger partial charge in [-0.25, -0.2) is 0 Å². The molecule has 3 rings (SSSR count). The summed E-state index contributed by atoms with van der Waals surface area (Å²) in [5.74, 6) is 0.852. The summed E-state index contributed by atoms with van der Waals surface area (Å²) in [6.45, 7) is 5.98. The Labute approximate surface area is 135 Å². The maximum Gasteiger partial charge on any atom is 0.198 e. The zero-order chi connectivity index (χ0) is 16.4. The van der Waals surface area contributed by atoms with Crippen molar-refractivity contribution in [3.8, 4) is 11.6 Å². The maximum absolute atomic E-state index is 10.1. The number of ether oxygens (including phenoxy) is 1. The molecule has 23 heavy (non-hydrogen) atoms. The van der Waals surface area contributed by atoms with Crippen LogP contribution in [-0.2, 0) is 0 Å². The zero-order valence-electron chi connectivity index (χ0n) is 13.5. The van der Waals surface area contributed by atoms with Crippen molar-refractivity contribution in [1.82, 2.24) is 4.98 Å². The van der Waals surface area contributed by atoms with Crippen molar-refractivity contribution in [3.63, 3.8) is 0 Å². The molecule has 2 aromatic carbocycles. The molecule has 2 N–H and O–H groups in total. The van der Waals surface area contributed by atoms with Gasteiger partial charge in [0.25, 0.3) is 0 Å². The topological polar surface area (TPSA) is 57.6 Å². The van der Waals surface area contributed by atoms with Crippen molar-refractivity contribution in [2.45, 2.75) is 26.9 Å². The van der Waals surface area contributed by atoms with E-state index in [9.17, 15) is 5.11 Å². The van der Waals surface area contributed by atoms with E-state index in [-0.39, 0.29) is 12.0 Å². The third-order valence-electron chi connectivity index (χ3n) is 3.53. The number of nitrogens with one attached hydrogen (secondary N) is 1. The van der Waals surface area contributed by atoms with E-state index >= 15 is 0 Å². The Morgan fingerprint density at radius 1 is 1.17 bits per heavy atom. The number of aromatic hydroxyl groups is 1. The Kier molecular flexibility index (Phi) is 4.06. The Balaban J connectivity index is 1.99. The molecule has 0 unspecified atom stereocenters. The number of nitrogens with zero attached hydrogens (tertiary/aromatic N) is 1. The zero-order valence-corrected chi connectivity index (χ0v) is 13.5. The molecule has 1 aromatic heterocycles. The van der Waals surface area contributed by atoms with Gasteiger partial charge >= 0.3 is 0 Å². The first-order chi connectivity index (χ1) is 11.0. The Bertz CT molecular complexity index is 863. The molecule has 0 aliphatic rings. The van der Waals surface area contributed by atoms with Crippen LogP contribution in [0.3, 0.4) is 0 Å². The summed E-state index contributed by atoms with van der Waals surface area (Å²) in [5, 5.41) is 11.1. The first kappa shape index (κ1) is 15.2. The summed E-state index contributed by atoms with van der Waals surface area (Å²) in [4.78, 5) is 7.49. The highest BCUT2D eigenvalue weighted by Gasteiger charge is 2.09. The van der Waals surface area contributed by atoms with E-state index < -0.39 is 0 Å². The lowest BCUT2D eigenvalue weighted by Crippen LogP contribution is -2.05. The van der Waals surface area contributed by atoms with Gasteiger partial charge in [-0.2, -0.15) is 0 Å². The van der Waals surface area contributed by atoms with Crippen LogP contribution in [0.5, 0.6) is 11.6 Å². The van der Waals surface area contributed by atoms with Crippen molar-refractivity contribution in [3.05, 3.63) is 53.6 Å². The van der Waals surface area contributed by atoms with Gasteiger partial charge in [0, 0.05) is 17.1 Å². The van der Waals surface area contributed by atoms with Gasteiger partial charge in [-0.1, -0.05) is 24.3 Å². The van der Waals surface area contributed by atoms with Crippen molar-refractivity contribution in [2.24, 2.45) is 4.99 Å². The molecule has 3 aromatic rings. The van der Waals surface area contributed by atoms with Crippen LogP contribution in [-0.4, -0.2) is 22.4 Å². The minimum atomic E-state index is 0.0795. The molecule has 0 spiro atoms. The number of benzene rings is 2. The molecule has 0 radical (unpaired) electrons. The van der Waals surface area contributed by atoms with E-state index in [1.165, 1.54) is 0 Å². The average molecular weight is 308 g/mol. The SMILES string of the molecule is Cc1ccc2c(C=Nc3ccccc3OC(C)C)c(O)[nH]c2c1. The number of aliphatic imine (C=N–C) groups is 1. The largest absolute Gasteiger partial charge is 0.494 e. The molecular formula is C19H20N2O2. The monoisotopic (exact) mass is 308 g/mol. The van der Waals surface area contributed by atoms with Gasteiger partial charge in [0.2, 0.25) is 0 Å². The molecule has 118 valence electrons. The standard InChI is InChI=1S/C19H20N2O2/c1-12(2)23-18-7-5-4-6-16(18)20-11-15-14-9-8-13(3)10-17(14)21-19(15)22/h4-12,21-22H,1-3H3. The third-order valence-corrected chi connectivity index (χ3v) is 3.53. The van der Waals surface area contributed by atoms with Gasteiger partial charge in [-0.15, -0.1) is 0 Å². The fraction of sp³-hybridized carbons (Fsp3) is 0.211. The Morgan fingerprint density at radius 3 is 2.74 bits per heavy atom. The molecule has 0 bridgehead atoms. The van der Waals surface area contributed by atoms with Crippen molar-refractivity contribution in [1.29, 1.82) is 0 Å². The van der Waals surface area contributed by atoms with Gasteiger partial charge in [-0.3, -0.25) is 4.99 Å². The van der Waals surface area contributed by atoms with Gasteiger partial charge in [0.1, 0.15) is 11.4 Å². The smallest absolute Gasteiger partial charge is 0.198 e. The number of hydrogen-bond acceptors (Lipinski definition) is 3. The summed E-state index contributed by atoms with van der Waals surface area (Å²) in [5.41, 5.74) is 3.45. The third kappa shape index (κ3) is 3.21. The molecule has 0 saturated heterocycles. The fourth-order valence-electron chi connectivity index (χ4n) is 2.50. The van der Waals surface area contributed by atoms with Crippen LogP contribution >= 0.6 is 0 Å². The number of para-hydroxylation sites is 2. The minimum absolute atomic E-state index is 0.0795. The highest BCUT2D eigenvalue weighted by molar-refractivity contribution is 6.02. The van der Waals surface area contributed by atoms with Gasteiger partial charge < -0.3 is 14.8 Å². The van der Waals surface area contributed by atoms with Gasteiger partial charge in [-0.05, 0) is 44.5 Å². The molecule has 4 nitrogen and oxygen atoms in total. The number of aromatic amines is 1. The molecule has 0 saturated carbocycles. The molecule has 0 fully saturated rings. The fourth-order valence-corrected chi connectivity index (χ4v) is 2.50. The average Bonchev–Trinajstić information content (AvgIpc) is 2.80. The van der Waals surface area contributed by atoms with Crippen molar-refractivity contribution < 1.29 is 9.84 Å². The lowest BCUT2D eigenvalue weighted by Gasteiger charge is -2.11. The van der Waals surface area contributed by atoms with Crippen LogP contribution in [0.1, 0.15) is 25.0 Å². The summed E-state index contributed by atoms with van der Waals surface area (Å²) >= 11 is 0. The highest BCUT2D eigenvalue weighted by atomic mass is 16.5. The molecule has 0 amide bonds. The molecule has 0 aliphatic heterocycles. The van der Waals surface area contributed by atoms with Crippen LogP contribution in [0.15, 0.2) is 47.5 Å². The quantitative estimate of drug-likeness (QED) is 0.685. The summed E-state index contributed by atoms with van der Waals surface area (Å²) in [6.07, 6.45) is 1.75. The van der Waals surface area contributed by atoms with E-state index in [1.807, 2.05) is 63.2 Å². The van der Waals surface area contributed by atoms with E-state index in [0.29, 0.717) is 5.56 Å². The number of aryl methyl sites for hydroxylation is 1. The van der Waals surface area contributed by atoms with Crippen molar-refractivity contribution in [2.75, 3.05) is 0 Å². The molecule has 0 aliphatic carbocycles. The predicted octanol–water partition coefficient (Wildman–Crippen LogP) is 4.72. The van der Waals surface area contributed by atoms with Crippen molar-refractivity contribution >= 4 is 22.8 Å². The van der Waals surface area contributed by atoms with Crippen LogP contribution in [0, 0.1) is 6.92 Å². The normalized spacial score (nSPS) is 11.7. The van der Waals surface area contributed by atoms with Crippen LogP contribution < -0.4 is 4.74 Å². The number of rotatable bonds is 4. The summed E-state index contributed by atoms with van der Waals surface area (Å²) in [7, 11) is 0. The first-order valence-electron chi connectivity index (χ1n) is 7.65. The maximum atomic E-state index is 10.1. The molecule has 4 heteroatoms. The van der Waals surface area contributed by atoms with Crippen LogP contribution in [0.25, 0.3) is 10.9 Å². The number of H-pyrrole nitrogens is 1. The highest BCUT2D eigenvalue weighted by Crippen LogP contribution is 2.30. The number of hydrogen-bond donors (Lipinski definition) is 2. The van der Waals surface area contributed by atoms with E-state index in [4.69, 9.17) is 4.74 Å². The van der Waals surface area contributed by atoms with E-state index in [2.05, 4.69) is 9.98 Å².